The van der Waals surface area contributed by atoms with Gasteiger partial charge in [0.1, 0.15) is 0 Å². The lowest BCUT2D eigenvalue weighted by Crippen LogP contribution is -2.36. The largest absolute Gasteiger partial charge is 0.339 e. The van der Waals surface area contributed by atoms with Crippen molar-refractivity contribution in [3.05, 3.63) is 59.7 Å². The van der Waals surface area contributed by atoms with Crippen molar-refractivity contribution >= 4 is 33.2 Å². The minimum atomic E-state index is -3.47. The molecule has 0 aliphatic carbocycles. The third-order valence-corrected chi connectivity index (χ3v) is 6.76. The molecule has 2 aromatic carbocycles. The van der Waals surface area contributed by atoms with Crippen LogP contribution < -0.4 is 9.62 Å². The number of carbonyl (C=O) groups is 2. The predicted octanol–water partition coefficient (Wildman–Crippen LogP) is 3.81. The number of piperidine rings is 1. The number of hydrogen-bond acceptors (Lipinski definition) is 4. The van der Waals surface area contributed by atoms with Crippen LogP contribution in [-0.2, 0) is 14.8 Å². The highest BCUT2D eigenvalue weighted by atomic mass is 32.2. The first-order valence-corrected chi connectivity index (χ1v) is 12.8. The zero-order chi connectivity index (χ0) is 23.1. The van der Waals surface area contributed by atoms with Gasteiger partial charge >= 0.3 is 0 Å². The molecule has 1 saturated heterocycles. The number of likely N-dealkylation sites (tertiary alicyclic amines) is 1. The Balaban J connectivity index is 1.61. The first-order chi connectivity index (χ1) is 15.3. The van der Waals surface area contributed by atoms with Gasteiger partial charge in [-0.1, -0.05) is 29.8 Å². The Morgan fingerprint density at radius 3 is 2.31 bits per heavy atom. The van der Waals surface area contributed by atoms with Crippen molar-refractivity contribution in [3.8, 4) is 0 Å². The highest BCUT2D eigenvalue weighted by Crippen LogP contribution is 2.21. The number of nitrogens with one attached hydrogen (secondary N) is 1. The van der Waals surface area contributed by atoms with Crippen LogP contribution in [-0.4, -0.2) is 51.0 Å². The predicted molar refractivity (Wildman–Crippen MR) is 127 cm³/mol. The van der Waals surface area contributed by atoms with Crippen LogP contribution >= 0.6 is 0 Å². The van der Waals surface area contributed by atoms with Crippen LogP contribution in [0, 0.1) is 6.92 Å². The molecule has 0 bridgehead atoms. The molecule has 2 aromatic rings. The van der Waals surface area contributed by atoms with Gasteiger partial charge in [-0.25, -0.2) is 8.42 Å². The Labute approximate surface area is 190 Å². The molecule has 172 valence electrons. The van der Waals surface area contributed by atoms with E-state index in [1.165, 1.54) is 4.31 Å². The Bertz CT molecular complexity index is 1050. The molecule has 0 unspecified atom stereocenters. The van der Waals surface area contributed by atoms with Crippen molar-refractivity contribution in [2.75, 3.05) is 35.5 Å². The molecule has 1 aliphatic heterocycles. The lowest BCUT2D eigenvalue weighted by molar-refractivity contribution is -0.116. The highest BCUT2D eigenvalue weighted by Gasteiger charge is 2.22. The molecule has 0 atom stereocenters. The van der Waals surface area contributed by atoms with E-state index in [1.54, 1.807) is 36.4 Å². The molecular formula is C24H31N3O4S. The Hall–Kier alpha value is -2.87. The van der Waals surface area contributed by atoms with E-state index in [-0.39, 0.29) is 24.8 Å². The summed E-state index contributed by atoms with van der Waals surface area (Å²) in [5.74, 6) is -0.315. The van der Waals surface area contributed by atoms with Crippen molar-refractivity contribution in [1.29, 1.82) is 0 Å². The SMILES string of the molecule is Cc1ccc(N(CCCC(=O)Nc2ccccc2C(=O)N2CCCCC2)S(C)(=O)=O)cc1. The first kappa shape index (κ1) is 23.8. The molecule has 1 fully saturated rings. The van der Waals surface area contributed by atoms with E-state index in [2.05, 4.69) is 5.32 Å². The van der Waals surface area contributed by atoms with Gasteiger partial charge in [-0.05, 0) is 56.9 Å². The maximum atomic E-state index is 12.9. The van der Waals surface area contributed by atoms with Gasteiger partial charge < -0.3 is 10.2 Å². The van der Waals surface area contributed by atoms with Gasteiger partial charge in [0.15, 0.2) is 0 Å². The summed E-state index contributed by atoms with van der Waals surface area (Å²) in [6, 6.07) is 14.3. The molecule has 7 nitrogen and oxygen atoms in total. The number of anilines is 2. The zero-order valence-electron chi connectivity index (χ0n) is 18.7. The maximum absolute atomic E-state index is 12.9. The maximum Gasteiger partial charge on any atom is 0.255 e. The van der Waals surface area contributed by atoms with Gasteiger partial charge in [-0.15, -0.1) is 0 Å². The average molecular weight is 458 g/mol. The fourth-order valence-corrected chi connectivity index (χ4v) is 4.80. The van der Waals surface area contributed by atoms with Crippen LogP contribution in [0.2, 0.25) is 0 Å². The van der Waals surface area contributed by atoms with Crippen LogP contribution in [0.3, 0.4) is 0 Å². The summed E-state index contributed by atoms with van der Waals surface area (Å²) in [4.78, 5) is 27.3. The van der Waals surface area contributed by atoms with E-state index < -0.39 is 10.0 Å². The van der Waals surface area contributed by atoms with E-state index in [4.69, 9.17) is 0 Å². The molecule has 0 spiro atoms. The van der Waals surface area contributed by atoms with Crippen LogP contribution in [0.4, 0.5) is 11.4 Å². The van der Waals surface area contributed by atoms with E-state index in [1.807, 2.05) is 24.0 Å². The highest BCUT2D eigenvalue weighted by molar-refractivity contribution is 7.92. The molecular weight excluding hydrogens is 426 g/mol. The summed E-state index contributed by atoms with van der Waals surface area (Å²) >= 11 is 0. The van der Waals surface area contributed by atoms with Crippen LogP contribution in [0.5, 0.6) is 0 Å². The Kier molecular flexibility index (Phi) is 7.90. The number of amides is 2. The van der Waals surface area contributed by atoms with Crippen LogP contribution in [0.15, 0.2) is 48.5 Å². The van der Waals surface area contributed by atoms with Gasteiger partial charge in [-0.3, -0.25) is 13.9 Å². The lowest BCUT2D eigenvalue weighted by atomic mass is 10.1. The summed E-state index contributed by atoms with van der Waals surface area (Å²) in [6.45, 7) is 3.61. The number of hydrogen-bond donors (Lipinski definition) is 1. The first-order valence-electron chi connectivity index (χ1n) is 11.0. The molecule has 2 amide bonds. The smallest absolute Gasteiger partial charge is 0.255 e. The number of para-hydroxylation sites is 1. The second-order valence-electron chi connectivity index (χ2n) is 8.22. The number of nitrogens with zero attached hydrogens (tertiary/aromatic N) is 2. The number of aryl methyl sites for hydroxylation is 1. The quantitative estimate of drug-likeness (QED) is 0.653. The van der Waals surface area contributed by atoms with E-state index in [0.717, 1.165) is 44.2 Å². The summed E-state index contributed by atoms with van der Waals surface area (Å²) in [7, 11) is -3.47. The molecule has 8 heteroatoms. The molecule has 1 aliphatic rings. The standard InChI is InChI=1S/C24H31N3O4S/c1-19-12-14-20(15-13-19)27(32(2,30)31)18-8-11-23(28)25-22-10-5-4-9-21(22)24(29)26-16-6-3-7-17-26/h4-5,9-10,12-15H,3,6-8,11,16-18H2,1-2H3,(H,25,28). The summed E-state index contributed by atoms with van der Waals surface area (Å²) < 4.78 is 25.8. The molecule has 3 rings (SSSR count). The van der Waals surface area contributed by atoms with E-state index in [0.29, 0.717) is 23.4 Å². The fourth-order valence-electron chi connectivity index (χ4n) is 3.84. The molecule has 1 heterocycles. The van der Waals surface area contributed by atoms with Gasteiger partial charge in [0.2, 0.25) is 15.9 Å². The number of carbonyl (C=O) groups excluding carboxylic acids is 2. The fraction of sp³-hybridized carbons (Fsp3) is 0.417. The zero-order valence-corrected chi connectivity index (χ0v) is 19.5. The van der Waals surface area contributed by atoms with Crippen molar-refractivity contribution < 1.29 is 18.0 Å². The molecule has 0 saturated carbocycles. The van der Waals surface area contributed by atoms with E-state index >= 15 is 0 Å². The van der Waals surface area contributed by atoms with Gasteiger partial charge in [0, 0.05) is 26.1 Å². The summed E-state index contributed by atoms with van der Waals surface area (Å²) in [5, 5.41) is 2.84. The van der Waals surface area contributed by atoms with Crippen molar-refractivity contribution in [2.24, 2.45) is 0 Å². The van der Waals surface area contributed by atoms with E-state index in [9.17, 15) is 18.0 Å². The molecule has 1 N–H and O–H groups in total. The number of rotatable bonds is 8. The van der Waals surface area contributed by atoms with Crippen LogP contribution in [0.25, 0.3) is 0 Å². The third-order valence-electron chi connectivity index (χ3n) is 5.56. The van der Waals surface area contributed by atoms with Gasteiger partial charge in [0.05, 0.1) is 23.2 Å². The molecule has 0 radical (unpaired) electrons. The van der Waals surface area contributed by atoms with Crippen molar-refractivity contribution in [3.63, 3.8) is 0 Å². The second-order valence-corrected chi connectivity index (χ2v) is 10.1. The summed E-state index contributed by atoms with van der Waals surface area (Å²) in [5.41, 5.74) is 2.60. The van der Waals surface area contributed by atoms with Crippen molar-refractivity contribution in [2.45, 2.75) is 39.0 Å². The van der Waals surface area contributed by atoms with Gasteiger partial charge in [-0.2, -0.15) is 0 Å². The minimum absolute atomic E-state index is 0.0665. The van der Waals surface area contributed by atoms with Crippen molar-refractivity contribution in [1.82, 2.24) is 4.90 Å². The average Bonchev–Trinajstić information content (AvgIpc) is 2.77. The number of sulfonamides is 1. The minimum Gasteiger partial charge on any atom is -0.339 e. The lowest BCUT2D eigenvalue weighted by Gasteiger charge is -2.27. The Morgan fingerprint density at radius 1 is 1.00 bits per heavy atom. The molecule has 32 heavy (non-hydrogen) atoms. The topological polar surface area (TPSA) is 86.8 Å². The normalized spacial score (nSPS) is 14.1. The number of benzene rings is 2. The summed E-state index contributed by atoms with van der Waals surface area (Å²) in [6.07, 6.45) is 4.79. The molecule has 0 aromatic heterocycles. The Morgan fingerprint density at radius 2 is 1.66 bits per heavy atom. The second kappa shape index (κ2) is 10.6. The van der Waals surface area contributed by atoms with Gasteiger partial charge in [0.25, 0.3) is 5.91 Å². The third kappa shape index (κ3) is 6.32. The monoisotopic (exact) mass is 457 g/mol. The van der Waals surface area contributed by atoms with Crippen LogP contribution in [0.1, 0.15) is 48.0 Å².